The molecule has 1 amide bonds. The van der Waals surface area contributed by atoms with E-state index in [1.165, 1.54) is 0 Å². The lowest BCUT2D eigenvalue weighted by Gasteiger charge is -2.12. The second-order valence-corrected chi connectivity index (χ2v) is 4.53. The molecule has 0 aliphatic rings. The fourth-order valence-electron chi connectivity index (χ4n) is 1.64. The Morgan fingerprint density at radius 3 is 2.78 bits per heavy atom. The Labute approximate surface area is 109 Å². The Hall–Kier alpha value is -1.62. The van der Waals surface area contributed by atoms with Crippen molar-refractivity contribution in [3.05, 3.63) is 23.5 Å². The van der Waals surface area contributed by atoms with Crippen LogP contribution >= 0.6 is 0 Å². The van der Waals surface area contributed by atoms with Gasteiger partial charge in [0, 0.05) is 25.5 Å². The maximum absolute atomic E-state index is 12.0. The Balaban J connectivity index is 2.56. The molecular weight excluding hydrogens is 228 g/mol. The van der Waals surface area contributed by atoms with Gasteiger partial charge in [-0.2, -0.15) is 0 Å². The fourth-order valence-corrected chi connectivity index (χ4v) is 1.64. The molecule has 0 aromatic carbocycles. The molecule has 0 bridgehead atoms. The zero-order chi connectivity index (χ0) is 13.5. The monoisotopic (exact) mass is 250 g/mol. The van der Waals surface area contributed by atoms with E-state index in [-0.39, 0.29) is 5.91 Å². The summed E-state index contributed by atoms with van der Waals surface area (Å²) in [6.45, 7) is 3.54. The molecule has 0 fully saturated rings. The SMILES string of the molecule is CNc1cc(C)ncc1C(=O)NCCCN(C)C. The zero-order valence-electron chi connectivity index (χ0n) is 11.6. The van der Waals surface area contributed by atoms with E-state index in [0.29, 0.717) is 12.1 Å². The average molecular weight is 250 g/mol. The van der Waals surface area contributed by atoms with E-state index < -0.39 is 0 Å². The summed E-state index contributed by atoms with van der Waals surface area (Å²) in [7, 11) is 5.84. The minimum atomic E-state index is -0.0781. The lowest BCUT2D eigenvalue weighted by molar-refractivity contribution is 0.0953. The first-order valence-electron chi connectivity index (χ1n) is 6.12. The van der Waals surface area contributed by atoms with Crippen LogP contribution in [0.15, 0.2) is 12.3 Å². The number of carbonyl (C=O) groups is 1. The van der Waals surface area contributed by atoms with Crippen molar-refractivity contribution in [2.45, 2.75) is 13.3 Å². The third-order valence-electron chi connectivity index (χ3n) is 2.62. The number of aryl methyl sites for hydroxylation is 1. The summed E-state index contributed by atoms with van der Waals surface area (Å²) < 4.78 is 0. The van der Waals surface area contributed by atoms with Crippen molar-refractivity contribution in [3.63, 3.8) is 0 Å². The minimum absolute atomic E-state index is 0.0781. The first-order valence-corrected chi connectivity index (χ1v) is 6.12. The van der Waals surface area contributed by atoms with E-state index in [4.69, 9.17) is 0 Å². The van der Waals surface area contributed by atoms with Crippen molar-refractivity contribution in [2.24, 2.45) is 0 Å². The topological polar surface area (TPSA) is 57.3 Å². The highest BCUT2D eigenvalue weighted by molar-refractivity contribution is 5.99. The summed E-state index contributed by atoms with van der Waals surface area (Å²) in [4.78, 5) is 18.2. The lowest BCUT2D eigenvalue weighted by Crippen LogP contribution is -2.27. The van der Waals surface area contributed by atoms with Gasteiger partial charge in [0.1, 0.15) is 0 Å². The molecule has 0 spiro atoms. The molecule has 1 heterocycles. The number of hydrogen-bond acceptors (Lipinski definition) is 4. The summed E-state index contributed by atoms with van der Waals surface area (Å²) >= 11 is 0. The smallest absolute Gasteiger partial charge is 0.254 e. The van der Waals surface area contributed by atoms with Crippen LogP contribution in [-0.2, 0) is 0 Å². The molecule has 5 nitrogen and oxygen atoms in total. The fraction of sp³-hybridized carbons (Fsp3) is 0.538. The largest absolute Gasteiger partial charge is 0.387 e. The van der Waals surface area contributed by atoms with E-state index in [9.17, 15) is 4.79 Å². The van der Waals surface area contributed by atoms with Crippen molar-refractivity contribution in [1.82, 2.24) is 15.2 Å². The molecule has 0 radical (unpaired) electrons. The molecule has 1 aromatic heterocycles. The van der Waals surface area contributed by atoms with E-state index >= 15 is 0 Å². The van der Waals surface area contributed by atoms with Gasteiger partial charge in [0.2, 0.25) is 0 Å². The van der Waals surface area contributed by atoms with Crippen LogP contribution in [0.3, 0.4) is 0 Å². The number of anilines is 1. The molecule has 0 saturated heterocycles. The first kappa shape index (κ1) is 14.4. The predicted octanol–water partition coefficient (Wildman–Crippen LogP) is 1.11. The van der Waals surface area contributed by atoms with Gasteiger partial charge in [-0.3, -0.25) is 9.78 Å². The maximum Gasteiger partial charge on any atom is 0.254 e. The third-order valence-corrected chi connectivity index (χ3v) is 2.62. The Morgan fingerprint density at radius 2 is 2.17 bits per heavy atom. The molecule has 5 heteroatoms. The second-order valence-electron chi connectivity index (χ2n) is 4.53. The molecule has 0 aliphatic heterocycles. The van der Waals surface area contributed by atoms with E-state index in [1.54, 1.807) is 13.2 Å². The maximum atomic E-state index is 12.0. The number of hydrogen-bond donors (Lipinski definition) is 2. The quantitative estimate of drug-likeness (QED) is 0.743. The number of carbonyl (C=O) groups excluding carboxylic acids is 1. The molecule has 0 aliphatic carbocycles. The Bertz CT molecular complexity index is 404. The van der Waals surface area contributed by atoms with Gasteiger partial charge in [0.05, 0.1) is 11.3 Å². The van der Waals surface area contributed by atoms with Gasteiger partial charge in [-0.1, -0.05) is 0 Å². The van der Waals surface area contributed by atoms with Crippen LogP contribution in [0.2, 0.25) is 0 Å². The number of amides is 1. The highest BCUT2D eigenvalue weighted by Gasteiger charge is 2.10. The summed E-state index contributed by atoms with van der Waals surface area (Å²) in [5.74, 6) is -0.0781. The molecule has 2 N–H and O–H groups in total. The van der Waals surface area contributed by atoms with Crippen molar-refractivity contribution >= 4 is 11.6 Å². The standard InChI is InChI=1S/C13H22N4O/c1-10-8-12(14-2)11(9-16-10)13(18)15-6-5-7-17(3)4/h8-9H,5-7H2,1-4H3,(H,14,16)(H,15,18). The van der Waals surface area contributed by atoms with Gasteiger partial charge in [0.25, 0.3) is 5.91 Å². The molecule has 0 atom stereocenters. The van der Waals surface area contributed by atoms with Gasteiger partial charge in [-0.05, 0) is 40.1 Å². The number of rotatable bonds is 6. The van der Waals surface area contributed by atoms with Gasteiger partial charge >= 0.3 is 0 Å². The second kappa shape index (κ2) is 6.96. The Morgan fingerprint density at radius 1 is 1.44 bits per heavy atom. The van der Waals surface area contributed by atoms with E-state index in [2.05, 4.69) is 20.5 Å². The number of nitrogens with one attached hydrogen (secondary N) is 2. The highest BCUT2D eigenvalue weighted by Crippen LogP contribution is 2.14. The Kier molecular flexibility index (Phi) is 5.58. The number of nitrogens with zero attached hydrogens (tertiary/aromatic N) is 2. The van der Waals surface area contributed by atoms with E-state index in [0.717, 1.165) is 24.3 Å². The van der Waals surface area contributed by atoms with Crippen molar-refractivity contribution in [2.75, 3.05) is 39.5 Å². The normalized spacial score (nSPS) is 10.5. The van der Waals surface area contributed by atoms with Crippen LogP contribution in [0.4, 0.5) is 5.69 Å². The van der Waals surface area contributed by atoms with Gasteiger partial charge < -0.3 is 15.5 Å². The van der Waals surface area contributed by atoms with Crippen molar-refractivity contribution in [1.29, 1.82) is 0 Å². The molecule has 100 valence electrons. The van der Waals surface area contributed by atoms with Gasteiger partial charge in [-0.25, -0.2) is 0 Å². The van der Waals surface area contributed by atoms with Crippen LogP contribution in [-0.4, -0.2) is 50.0 Å². The summed E-state index contributed by atoms with van der Waals surface area (Å²) in [6.07, 6.45) is 2.55. The highest BCUT2D eigenvalue weighted by atomic mass is 16.1. The van der Waals surface area contributed by atoms with Crippen LogP contribution < -0.4 is 10.6 Å². The molecule has 0 saturated carbocycles. The van der Waals surface area contributed by atoms with Crippen LogP contribution in [0, 0.1) is 6.92 Å². The third kappa shape index (κ3) is 4.33. The molecule has 0 unspecified atom stereocenters. The van der Waals surface area contributed by atoms with E-state index in [1.807, 2.05) is 27.1 Å². The number of aromatic nitrogens is 1. The van der Waals surface area contributed by atoms with Gasteiger partial charge in [-0.15, -0.1) is 0 Å². The van der Waals surface area contributed by atoms with Crippen LogP contribution in [0.25, 0.3) is 0 Å². The average Bonchev–Trinajstić information content (AvgIpc) is 2.33. The summed E-state index contributed by atoms with van der Waals surface area (Å²) in [6, 6.07) is 1.87. The molecule has 1 aromatic rings. The van der Waals surface area contributed by atoms with Crippen molar-refractivity contribution in [3.8, 4) is 0 Å². The molecule has 1 rings (SSSR count). The van der Waals surface area contributed by atoms with Gasteiger partial charge in [0.15, 0.2) is 0 Å². The summed E-state index contributed by atoms with van der Waals surface area (Å²) in [5.41, 5.74) is 2.30. The van der Waals surface area contributed by atoms with Crippen LogP contribution in [0.1, 0.15) is 22.5 Å². The predicted molar refractivity (Wildman–Crippen MR) is 74.0 cm³/mol. The zero-order valence-corrected chi connectivity index (χ0v) is 11.6. The van der Waals surface area contributed by atoms with Crippen LogP contribution in [0.5, 0.6) is 0 Å². The molecule has 18 heavy (non-hydrogen) atoms. The van der Waals surface area contributed by atoms with Crippen molar-refractivity contribution < 1.29 is 4.79 Å². The molecular formula is C13H22N4O. The number of pyridine rings is 1. The lowest BCUT2D eigenvalue weighted by atomic mass is 10.2. The first-order chi connectivity index (χ1) is 8.54. The summed E-state index contributed by atoms with van der Waals surface area (Å²) in [5, 5.41) is 5.92. The minimum Gasteiger partial charge on any atom is -0.387 e.